The fourth-order valence-corrected chi connectivity index (χ4v) is 3.37. The maximum absolute atomic E-state index is 13.8. The predicted octanol–water partition coefficient (Wildman–Crippen LogP) is 4.73. The average molecular weight is 360 g/mol. The molecule has 0 N–H and O–H groups in total. The summed E-state index contributed by atoms with van der Waals surface area (Å²) in [5, 5.41) is 0. The fraction of sp³-hybridized carbons (Fsp3) is 0.476. The molecule has 0 bridgehead atoms. The Kier molecular flexibility index (Phi) is 5.87. The van der Waals surface area contributed by atoms with Crippen LogP contribution in [0.5, 0.6) is 5.88 Å². The largest absolute Gasteiger partial charge is 0.477 e. The van der Waals surface area contributed by atoms with Crippen molar-refractivity contribution in [1.29, 1.82) is 0 Å². The maximum atomic E-state index is 13.8. The summed E-state index contributed by atoms with van der Waals surface area (Å²) in [7, 11) is 0. The quantitative estimate of drug-likeness (QED) is 0.745. The third-order valence-electron chi connectivity index (χ3n) is 4.69. The Morgan fingerprint density at radius 2 is 1.88 bits per heavy atom. The van der Waals surface area contributed by atoms with E-state index in [-0.39, 0.29) is 5.82 Å². The molecule has 2 heterocycles. The van der Waals surface area contributed by atoms with Crippen LogP contribution in [0.1, 0.15) is 26.7 Å². The average Bonchev–Trinajstić information content (AvgIpc) is 2.61. The zero-order chi connectivity index (χ0) is 18.6. The standard InChI is InChI=1S/C21H26F2N2O/c1-21(2,23)15-25-11-9-16(10-12-25)14-26-20-8-7-17(13-24-20)18-5-3-4-6-19(18)22/h3-8,13,16H,9-12,14-15H2,1-2H3. The number of halogens is 2. The van der Waals surface area contributed by atoms with Crippen LogP contribution in [-0.2, 0) is 0 Å². The molecule has 1 aliphatic heterocycles. The molecular weight excluding hydrogens is 334 g/mol. The van der Waals surface area contributed by atoms with E-state index in [9.17, 15) is 8.78 Å². The lowest BCUT2D eigenvalue weighted by molar-refractivity contribution is 0.0830. The molecule has 2 aromatic rings. The van der Waals surface area contributed by atoms with Crippen LogP contribution in [0, 0.1) is 11.7 Å². The first-order valence-corrected chi connectivity index (χ1v) is 9.16. The molecule has 1 aromatic carbocycles. The van der Waals surface area contributed by atoms with E-state index in [1.54, 1.807) is 44.3 Å². The Hall–Kier alpha value is -2.01. The lowest BCUT2D eigenvalue weighted by Gasteiger charge is -2.34. The minimum absolute atomic E-state index is 0.258. The number of aromatic nitrogens is 1. The van der Waals surface area contributed by atoms with E-state index in [1.807, 2.05) is 6.07 Å². The molecule has 1 aromatic heterocycles. The monoisotopic (exact) mass is 360 g/mol. The number of benzene rings is 1. The molecule has 5 heteroatoms. The molecule has 0 saturated carbocycles. The molecule has 1 fully saturated rings. The van der Waals surface area contributed by atoms with E-state index in [1.165, 1.54) is 6.07 Å². The van der Waals surface area contributed by atoms with Gasteiger partial charge in [0.1, 0.15) is 11.5 Å². The van der Waals surface area contributed by atoms with Gasteiger partial charge in [-0.2, -0.15) is 0 Å². The number of rotatable bonds is 6. The van der Waals surface area contributed by atoms with Crippen molar-refractivity contribution in [2.45, 2.75) is 32.4 Å². The number of likely N-dealkylation sites (tertiary alicyclic amines) is 1. The van der Waals surface area contributed by atoms with Crippen LogP contribution in [0.25, 0.3) is 11.1 Å². The van der Waals surface area contributed by atoms with Gasteiger partial charge in [0.25, 0.3) is 0 Å². The van der Waals surface area contributed by atoms with Gasteiger partial charge in [-0.05, 0) is 57.8 Å². The van der Waals surface area contributed by atoms with Crippen LogP contribution in [0.15, 0.2) is 42.6 Å². The zero-order valence-electron chi connectivity index (χ0n) is 15.4. The van der Waals surface area contributed by atoms with Crippen molar-refractivity contribution in [1.82, 2.24) is 9.88 Å². The highest BCUT2D eigenvalue weighted by molar-refractivity contribution is 5.63. The SMILES string of the molecule is CC(C)(F)CN1CCC(COc2ccc(-c3ccccc3F)cn2)CC1. The summed E-state index contributed by atoms with van der Waals surface area (Å²) >= 11 is 0. The van der Waals surface area contributed by atoms with Gasteiger partial charge in [0.05, 0.1) is 6.61 Å². The van der Waals surface area contributed by atoms with Gasteiger partial charge in [0.2, 0.25) is 5.88 Å². The van der Waals surface area contributed by atoms with Gasteiger partial charge in [0.15, 0.2) is 0 Å². The Morgan fingerprint density at radius 1 is 1.15 bits per heavy atom. The smallest absolute Gasteiger partial charge is 0.213 e. The summed E-state index contributed by atoms with van der Waals surface area (Å²) in [4.78, 5) is 6.47. The lowest BCUT2D eigenvalue weighted by Crippen LogP contribution is -2.41. The second-order valence-corrected chi connectivity index (χ2v) is 7.61. The minimum Gasteiger partial charge on any atom is -0.477 e. The zero-order valence-corrected chi connectivity index (χ0v) is 15.4. The Balaban J connectivity index is 1.48. The molecule has 0 amide bonds. The molecule has 0 atom stereocenters. The van der Waals surface area contributed by atoms with Crippen molar-refractivity contribution in [2.24, 2.45) is 5.92 Å². The second kappa shape index (κ2) is 8.12. The first-order chi connectivity index (χ1) is 12.4. The van der Waals surface area contributed by atoms with E-state index in [2.05, 4.69) is 9.88 Å². The summed E-state index contributed by atoms with van der Waals surface area (Å²) in [5.41, 5.74) is 0.125. The van der Waals surface area contributed by atoms with E-state index < -0.39 is 5.67 Å². The van der Waals surface area contributed by atoms with Crippen molar-refractivity contribution in [3.05, 3.63) is 48.4 Å². The summed E-state index contributed by atoms with van der Waals surface area (Å²) in [6.07, 6.45) is 3.65. The molecule has 26 heavy (non-hydrogen) atoms. The highest BCUT2D eigenvalue weighted by Gasteiger charge is 2.25. The summed E-state index contributed by atoms with van der Waals surface area (Å²) < 4.78 is 33.3. The van der Waals surface area contributed by atoms with Gasteiger partial charge in [-0.3, -0.25) is 0 Å². The van der Waals surface area contributed by atoms with E-state index in [0.29, 0.717) is 30.5 Å². The van der Waals surface area contributed by atoms with Gasteiger partial charge in [-0.1, -0.05) is 18.2 Å². The molecule has 0 radical (unpaired) electrons. The van der Waals surface area contributed by atoms with Gasteiger partial charge in [-0.25, -0.2) is 13.8 Å². The number of hydrogen-bond donors (Lipinski definition) is 0. The number of pyridine rings is 1. The molecule has 0 unspecified atom stereocenters. The molecule has 3 nitrogen and oxygen atoms in total. The van der Waals surface area contributed by atoms with Gasteiger partial charge < -0.3 is 9.64 Å². The molecule has 0 spiro atoms. The van der Waals surface area contributed by atoms with Crippen molar-refractivity contribution in [2.75, 3.05) is 26.2 Å². The van der Waals surface area contributed by atoms with Gasteiger partial charge >= 0.3 is 0 Å². The van der Waals surface area contributed by atoms with Crippen LogP contribution >= 0.6 is 0 Å². The van der Waals surface area contributed by atoms with E-state index >= 15 is 0 Å². The minimum atomic E-state index is -1.15. The molecule has 0 aliphatic carbocycles. The first kappa shape index (κ1) is 18.8. The van der Waals surface area contributed by atoms with Crippen molar-refractivity contribution in [3.63, 3.8) is 0 Å². The molecule has 3 rings (SSSR count). The Labute approximate surface area is 154 Å². The van der Waals surface area contributed by atoms with Crippen LogP contribution in [0.4, 0.5) is 8.78 Å². The predicted molar refractivity (Wildman–Crippen MR) is 99.5 cm³/mol. The van der Waals surface area contributed by atoms with Crippen molar-refractivity contribution in [3.8, 4) is 17.0 Å². The van der Waals surface area contributed by atoms with E-state index in [0.717, 1.165) is 31.5 Å². The number of ether oxygens (including phenoxy) is 1. The summed E-state index contributed by atoms with van der Waals surface area (Å²) in [6.45, 7) is 6.15. The summed E-state index contributed by atoms with van der Waals surface area (Å²) in [6, 6.07) is 10.3. The third kappa shape index (κ3) is 5.24. The van der Waals surface area contributed by atoms with E-state index in [4.69, 9.17) is 4.74 Å². The lowest BCUT2D eigenvalue weighted by atomic mass is 9.97. The summed E-state index contributed by atoms with van der Waals surface area (Å²) in [5.74, 6) is 0.755. The third-order valence-corrected chi connectivity index (χ3v) is 4.69. The molecule has 1 saturated heterocycles. The topological polar surface area (TPSA) is 25.4 Å². The van der Waals surface area contributed by atoms with Gasteiger partial charge in [0, 0.05) is 29.9 Å². The Morgan fingerprint density at radius 3 is 2.50 bits per heavy atom. The van der Waals surface area contributed by atoms with Crippen LogP contribution in [0.2, 0.25) is 0 Å². The Bertz CT molecular complexity index is 705. The normalized spacial score (nSPS) is 16.6. The van der Waals surface area contributed by atoms with Crippen molar-refractivity contribution < 1.29 is 13.5 Å². The molecular formula is C21H26F2N2O. The maximum Gasteiger partial charge on any atom is 0.213 e. The highest BCUT2D eigenvalue weighted by Crippen LogP contribution is 2.24. The number of alkyl halides is 1. The highest BCUT2D eigenvalue weighted by atomic mass is 19.1. The second-order valence-electron chi connectivity index (χ2n) is 7.61. The van der Waals surface area contributed by atoms with Crippen molar-refractivity contribution >= 4 is 0 Å². The van der Waals surface area contributed by atoms with Crippen LogP contribution in [0.3, 0.4) is 0 Å². The first-order valence-electron chi connectivity index (χ1n) is 9.16. The number of nitrogens with zero attached hydrogens (tertiary/aromatic N) is 2. The van der Waals surface area contributed by atoms with Crippen LogP contribution < -0.4 is 4.74 Å². The van der Waals surface area contributed by atoms with Crippen LogP contribution in [-0.4, -0.2) is 41.8 Å². The number of hydrogen-bond acceptors (Lipinski definition) is 3. The fourth-order valence-electron chi connectivity index (χ4n) is 3.37. The molecule has 140 valence electrons. The van der Waals surface area contributed by atoms with Gasteiger partial charge in [-0.15, -0.1) is 0 Å². The molecule has 1 aliphatic rings. The number of piperidine rings is 1.